The number of nitriles is 1. The maximum atomic E-state index is 9.43. The topological polar surface area (TPSA) is 68.9 Å². The van der Waals surface area contributed by atoms with Crippen LogP contribution in [0, 0.1) is 18.3 Å². The van der Waals surface area contributed by atoms with Crippen molar-refractivity contribution in [2.45, 2.75) is 52.0 Å². The van der Waals surface area contributed by atoms with Crippen molar-refractivity contribution < 1.29 is 5.11 Å². The molecule has 4 heteroatoms. The van der Waals surface area contributed by atoms with Gasteiger partial charge in [0.15, 0.2) is 0 Å². The first-order chi connectivity index (χ1) is 9.21. The minimum Gasteiger partial charge on any atom is -0.394 e. The van der Waals surface area contributed by atoms with Gasteiger partial charge in [-0.25, -0.2) is 4.98 Å². The van der Waals surface area contributed by atoms with E-state index in [0.29, 0.717) is 11.4 Å². The molecule has 1 aromatic rings. The van der Waals surface area contributed by atoms with Crippen LogP contribution in [0.1, 0.15) is 48.6 Å². The van der Waals surface area contributed by atoms with E-state index in [1.165, 1.54) is 12.0 Å². The second-order valence-corrected chi connectivity index (χ2v) is 5.13. The fourth-order valence-electron chi connectivity index (χ4n) is 2.71. The zero-order valence-corrected chi connectivity index (χ0v) is 11.7. The first-order valence-corrected chi connectivity index (χ1v) is 7.01. The summed E-state index contributed by atoms with van der Waals surface area (Å²) >= 11 is 0. The summed E-state index contributed by atoms with van der Waals surface area (Å²) in [5, 5.41) is 21.9. The third-order valence-electron chi connectivity index (χ3n) is 3.89. The van der Waals surface area contributed by atoms with E-state index >= 15 is 0 Å². The predicted molar refractivity (Wildman–Crippen MR) is 75.1 cm³/mol. The second-order valence-electron chi connectivity index (χ2n) is 5.13. The number of aromatic nitrogens is 1. The monoisotopic (exact) mass is 259 g/mol. The average Bonchev–Trinajstić information content (AvgIpc) is 2.45. The summed E-state index contributed by atoms with van der Waals surface area (Å²) in [7, 11) is 0. The molecule has 0 saturated carbocycles. The van der Waals surface area contributed by atoms with Gasteiger partial charge >= 0.3 is 0 Å². The van der Waals surface area contributed by atoms with Crippen LogP contribution >= 0.6 is 0 Å². The van der Waals surface area contributed by atoms with Gasteiger partial charge in [0, 0.05) is 5.69 Å². The smallest absolute Gasteiger partial charge is 0.144 e. The lowest BCUT2D eigenvalue weighted by atomic mass is 9.88. The quantitative estimate of drug-likeness (QED) is 0.870. The molecule has 2 N–H and O–H groups in total. The van der Waals surface area contributed by atoms with Crippen molar-refractivity contribution in [1.29, 1.82) is 5.26 Å². The Morgan fingerprint density at radius 2 is 2.05 bits per heavy atom. The molecule has 4 nitrogen and oxygen atoms in total. The fourth-order valence-corrected chi connectivity index (χ4v) is 2.71. The highest BCUT2D eigenvalue weighted by Gasteiger charge is 2.21. The Balaban J connectivity index is 2.44. The van der Waals surface area contributed by atoms with Gasteiger partial charge in [0.05, 0.1) is 18.2 Å². The van der Waals surface area contributed by atoms with Crippen LogP contribution in [0.25, 0.3) is 0 Å². The van der Waals surface area contributed by atoms with Crippen molar-refractivity contribution in [3.8, 4) is 6.07 Å². The minimum atomic E-state index is -0.0411. The maximum absolute atomic E-state index is 9.43. The molecular formula is C15H21N3O. The summed E-state index contributed by atoms with van der Waals surface area (Å²) in [5.41, 5.74) is 4.11. The van der Waals surface area contributed by atoms with Crippen molar-refractivity contribution in [1.82, 2.24) is 4.98 Å². The van der Waals surface area contributed by atoms with Gasteiger partial charge in [-0.2, -0.15) is 5.26 Å². The first-order valence-electron chi connectivity index (χ1n) is 7.01. The lowest BCUT2D eigenvalue weighted by molar-refractivity contribution is 0.271. The normalized spacial score (nSPS) is 15.5. The molecule has 1 heterocycles. The molecule has 1 atom stereocenters. The molecule has 0 amide bonds. The number of aliphatic hydroxyl groups is 1. The number of hydrogen-bond acceptors (Lipinski definition) is 4. The Hall–Kier alpha value is -1.60. The molecule has 0 fully saturated rings. The van der Waals surface area contributed by atoms with Crippen LogP contribution in [-0.2, 0) is 12.8 Å². The zero-order chi connectivity index (χ0) is 13.8. The summed E-state index contributed by atoms with van der Waals surface area (Å²) < 4.78 is 0. The number of rotatable bonds is 4. The van der Waals surface area contributed by atoms with Crippen LogP contribution < -0.4 is 5.32 Å². The molecule has 0 bridgehead atoms. The number of fused-ring (bicyclic) bond motifs is 1. The Kier molecular flexibility index (Phi) is 4.39. The van der Waals surface area contributed by atoms with Crippen molar-refractivity contribution >= 4 is 5.82 Å². The molecule has 1 aliphatic rings. The van der Waals surface area contributed by atoms with Gasteiger partial charge in [-0.3, -0.25) is 0 Å². The summed E-state index contributed by atoms with van der Waals surface area (Å²) in [6.07, 6.45) is 5.12. The van der Waals surface area contributed by atoms with Gasteiger partial charge in [0.25, 0.3) is 0 Å². The van der Waals surface area contributed by atoms with Crippen LogP contribution in [0.5, 0.6) is 0 Å². The highest BCUT2D eigenvalue weighted by atomic mass is 16.3. The number of aliphatic hydroxyl groups excluding tert-OH is 1. The molecule has 0 saturated heterocycles. The second kappa shape index (κ2) is 6.03. The average molecular weight is 259 g/mol. The highest BCUT2D eigenvalue weighted by molar-refractivity contribution is 5.60. The lowest BCUT2D eigenvalue weighted by Crippen LogP contribution is -2.25. The Labute approximate surface area is 114 Å². The Morgan fingerprint density at radius 1 is 1.37 bits per heavy atom. The van der Waals surface area contributed by atoms with Crippen molar-refractivity contribution in [2.24, 2.45) is 0 Å². The van der Waals surface area contributed by atoms with E-state index in [1.807, 2.05) is 13.8 Å². The van der Waals surface area contributed by atoms with Crippen LogP contribution in [0.3, 0.4) is 0 Å². The van der Waals surface area contributed by atoms with Crippen LogP contribution in [0.4, 0.5) is 5.82 Å². The molecule has 0 unspecified atom stereocenters. The molecule has 0 spiro atoms. The largest absolute Gasteiger partial charge is 0.394 e. The van der Waals surface area contributed by atoms with Crippen molar-refractivity contribution in [3.63, 3.8) is 0 Å². The SMILES string of the molecule is CC[C@@H](CO)Nc1nc(C)c2c(c1C#N)CCCC2. The van der Waals surface area contributed by atoms with E-state index in [2.05, 4.69) is 16.4 Å². The molecule has 0 aliphatic heterocycles. The van der Waals surface area contributed by atoms with E-state index in [9.17, 15) is 10.4 Å². The summed E-state index contributed by atoms with van der Waals surface area (Å²) in [6, 6.07) is 2.26. The zero-order valence-electron chi connectivity index (χ0n) is 11.7. The maximum Gasteiger partial charge on any atom is 0.144 e. The summed E-state index contributed by atoms with van der Waals surface area (Å²) in [6.45, 7) is 4.07. The predicted octanol–water partition coefficient (Wildman–Crippen LogP) is 2.32. The lowest BCUT2D eigenvalue weighted by Gasteiger charge is -2.23. The first kappa shape index (κ1) is 13.8. The van der Waals surface area contributed by atoms with Crippen LogP contribution in [0.2, 0.25) is 0 Å². The van der Waals surface area contributed by atoms with Gasteiger partial charge in [-0.1, -0.05) is 6.92 Å². The van der Waals surface area contributed by atoms with E-state index < -0.39 is 0 Å². The molecule has 19 heavy (non-hydrogen) atoms. The Morgan fingerprint density at radius 3 is 2.63 bits per heavy atom. The van der Waals surface area contributed by atoms with E-state index in [0.717, 1.165) is 36.9 Å². The standard InChI is InChI=1S/C15H21N3O/c1-3-11(9-19)18-15-14(8-16)13-7-5-4-6-12(13)10(2)17-15/h11,19H,3-7,9H2,1-2H3,(H,17,18)/t11-/m0/s1. The van der Waals surface area contributed by atoms with E-state index in [4.69, 9.17) is 0 Å². The van der Waals surface area contributed by atoms with Gasteiger partial charge in [0.1, 0.15) is 11.9 Å². The summed E-state index contributed by atoms with van der Waals surface area (Å²) in [4.78, 5) is 4.55. The molecule has 2 rings (SSSR count). The third kappa shape index (κ3) is 2.71. The van der Waals surface area contributed by atoms with Crippen LogP contribution in [-0.4, -0.2) is 22.7 Å². The van der Waals surface area contributed by atoms with E-state index in [-0.39, 0.29) is 12.6 Å². The van der Waals surface area contributed by atoms with Gasteiger partial charge < -0.3 is 10.4 Å². The highest BCUT2D eigenvalue weighted by Crippen LogP contribution is 2.30. The van der Waals surface area contributed by atoms with Crippen molar-refractivity contribution in [3.05, 3.63) is 22.4 Å². The van der Waals surface area contributed by atoms with Gasteiger partial charge in [-0.05, 0) is 50.2 Å². The molecule has 0 radical (unpaired) electrons. The number of hydrogen-bond donors (Lipinski definition) is 2. The van der Waals surface area contributed by atoms with E-state index in [1.54, 1.807) is 0 Å². The molecule has 1 aliphatic carbocycles. The number of pyridine rings is 1. The number of nitrogens with zero attached hydrogens (tertiary/aromatic N) is 2. The number of aryl methyl sites for hydroxylation is 1. The van der Waals surface area contributed by atoms with Crippen molar-refractivity contribution in [2.75, 3.05) is 11.9 Å². The van der Waals surface area contributed by atoms with Gasteiger partial charge in [-0.15, -0.1) is 0 Å². The number of nitrogens with one attached hydrogen (secondary N) is 1. The van der Waals surface area contributed by atoms with Gasteiger partial charge in [0.2, 0.25) is 0 Å². The third-order valence-corrected chi connectivity index (χ3v) is 3.89. The van der Waals surface area contributed by atoms with Crippen LogP contribution in [0.15, 0.2) is 0 Å². The minimum absolute atomic E-state index is 0.0411. The summed E-state index contributed by atoms with van der Waals surface area (Å²) in [5.74, 6) is 0.640. The molecular weight excluding hydrogens is 238 g/mol. The number of anilines is 1. The Bertz CT molecular complexity index is 501. The fraction of sp³-hybridized carbons (Fsp3) is 0.600. The molecule has 102 valence electrons. The molecule has 0 aromatic carbocycles. The molecule has 1 aromatic heterocycles.